The number of nitrogens with one attached hydrogen (secondary N) is 2. The van der Waals surface area contributed by atoms with Crippen LogP contribution in [0.3, 0.4) is 0 Å². The molecule has 3 radical (unpaired) electrons. The summed E-state index contributed by atoms with van der Waals surface area (Å²) in [5, 5.41) is 12.4. The summed E-state index contributed by atoms with van der Waals surface area (Å²) in [6.07, 6.45) is 7.78. The molecule has 7 heteroatoms. The Bertz CT molecular complexity index is 1130. The van der Waals surface area contributed by atoms with Gasteiger partial charge in [-0.25, -0.2) is 0 Å². The molecule has 0 aliphatic heterocycles. The molecule has 2 aromatic carbocycles. The number of aromatic nitrogens is 1. The van der Waals surface area contributed by atoms with Crippen molar-refractivity contribution in [2.75, 3.05) is 6.54 Å². The maximum absolute atomic E-state index is 11.3. The van der Waals surface area contributed by atoms with Gasteiger partial charge in [0.25, 0.3) is 5.78 Å². The zero-order valence-corrected chi connectivity index (χ0v) is 30.9. The third-order valence-corrected chi connectivity index (χ3v) is 4.95. The summed E-state index contributed by atoms with van der Waals surface area (Å²) in [4.78, 5) is 24.9. The van der Waals surface area contributed by atoms with Crippen molar-refractivity contribution in [3.63, 3.8) is 0 Å². The number of hydrogen-bond acceptors (Lipinski definition) is 5. The second-order valence-corrected chi connectivity index (χ2v) is 7.49. The van der Waals surface area contributed by atoms with Gasteiger partial charge in [0.2, 0.25) is 0 Å². The molecule has 0 amide bonds. The van der Waals surface area contributed by atoms with E-state index >= 15 is 0 Å². The van der Waals surface area contributed by atoms with Gasteiger partial charge in [-0.1, -0.05) is 91.5 Å². The van der Waals surface area contributed by atoms with Crippen molar-refractivity contribution in [1.29, 1.82) is 5.26 Å². The molecule has 1 aliphatic carbocycles. The van der Waals surface area contributed by atoms with Crippen molar-refractivity contribution in [3.8, 4) is 17.6 Å². The fraction of sp³-hybridized carbons (Fsp3) is 0.441. The summed E-state index contributed by atoms with van der Waals surface area (Å²) in [6.45, 7) is 18.2. The zero-order valence-electron chi connectivity index (χ0n) is 27.0. The van der Waals surface area contributed by atoms with Crippen LogP contribution in [0.1, 0.15) is 98.5 Å². The van der Waals surface area contributed by atoms with Crippen LogP contribution < -0.4 is 10.1 Å². The van der Waals surface area contributed by atoms with Crippen molar-refractivity contribution in [2.24, 2.45) is 0 Å². The van der Waals surface area contributed by atoms with Crippen LogP contribution in [0.5, 0.6) is 11.5 Å². The molecule has 1 heterocycles. The number of likely N-dealkylation sites (N-methyl/N-ethyl adjacent to an activating group) is 1. The second kappa shape index (κ2) is 30.0. The van der Waals surface area contributed by atoms with E-state index in [2.05, 4.69) is 14.8 Å². The molecule has 1 saturated carbocycles. The normalized spacial score (nSPS) is 10.3. The summed E-state index contributed by atoms with van der Waals surface area (Å²) in [5.41, 5.74) is 1.79. The Morgan fingerprint density at radius 3 is 1.85 bits per heavy atom. The Labute approximate surface area is 265 Å². The first-order valence-corrected chi connectivity index (χ1v) is 18.6. The van der Waals surface area contributed by atoms with Gasteiger partial charge < -0.3 is 15.0 Å². The molecule has 1 fully saturated rings. The fourth-order valence-corrected chi connectivity index (χ4v) is 2.85. The Kier molecular flexibility index (Phi) is 31.2. The van der Waals surface area contributed by atoms with Crippen molar-refractivity contribution in [2.45, 2.75) is 92.5 Å². The van der Waals surface area contributed by atoms with E-state index in [1.807, 2.05) is 104 Å². The van der Waals surface area contributed by atoms with Gasteiger partial charge in [-0.15, -0.1) is 0 Å². The Morgan fingerprint density at radius 1 is 0.927 bits per heavy atom. The number of nitrogens with zero attached hydrogens (tertiary/aromatic N) is 1. The summed E-state index contributed by atoms with van der Waals surface area (Å²) < 4.78 is 7.86. The standard InChI is InChI=1S/C16H10N2O2.C7H13NO.C4H8.3C2H6.CH3.Pb/c17-10-16(19)15-9-11-8-13(6-7-14(11)18-15)20-12-4-2-1-3-5-12;1-4-7(6(3)9)8-5-2;1-2-4-3-1;3*1-2;;/h1-9,18H;4,8H,5H2,1-3H3;1-4H2;3*1-2H3;1H3;/b;7-4+;;;;;;. The topological polar surface area (TPSA) is 95.0 Å². The number of ketones is 2. The summed E-state index contributed by atoms with van der Waals surface area (Å²) in [5.74, 6) is 0.945. The van der Waals surface area contributed by atoms with Crippen molar-refractivity contribution in [1.82, 2.24) is 10.3 Å². The maximum atomic E-state index is 11.3. The molecule has 3 aromatic rings. The van der Waals surface area contributed by atoms with E-state index in [9.17, 15) is 9.59 Å². The number of ether oxygens (including phenoxy) is 1. The number of hydrogen-bond donors (Lipinski definition) is 2. The first kappa shape index (κ1) is 42.5. The first-order valence-electron chi connectivity index (χ1n) is 14.7. The van der Waals surface area contributed by atoms with E-state index in [4.69, 9.17) is 10.00 Å². The summed E-state index contributed by atoms with van der Waals surface area (Å²) in [6, 6.07) is 18.2. The molecular formula is C34H52N3O3Pb. The Morgan fingerprint density at radius 2 is 1.46 bits per heavy atom. The van der Waals surface area contributed by atoms with Crippen LogP contribution in [0, 0.1) is 11.3 Å². The number of carbonyl (C=O) groups is 2. The van der Waals surface area contributed by atoms with Crippen LogP contribution in [-0.2, 0) is 4.79 Å². The number of nitriles is 1. The number of carbonyl (C=O) groups excluding carboxylic acids is 2. The van der Waals surface area contributed by atoms with E-state index in [-0.39, 0.29) is 5.78 Å². The van der Waals surface area contributed by atoms with Crippen molar-refractivity contribution in [3.05, 3.63) is 72.1 Å². The molecule has 4 rings (SSSR count). The van der Waals surface area contributed by atoms with Gasteiger partial charge in [-0.05, 0) is 50.2 Å². The van der Waals surface area contributed by atoms with Gasteiger partial charge in [-0.3, -0.25) is 9.59 Å². The zero-order chi connectivity index (χ0) is 32.1. The molecule has 2 N–H and O–H groups in total. The first-order chi connectivity index (χ1) is 20.0. The van der Waals surface area contributed by atoms with Crippen LogP contribution in [0.15, 0.2) is 66.4 Å². The quantitative estimate of drug-likeness (QED) is 0.113. The average molecular weight is 758 g/mol. The average Bonchev–Trinajstić information content (AvgIpc) is 3.43. The minimum atomic E-state index is -0.577. The number of aromatic amines is 1. The van der Waals surface area contributed by atoms with Crippen LogP contribution in [0.4, 0.5) is 0 Å². The van der Waals surface area contributed by atoms with E-state index in [1.165, 1.54) is 51.5 Å². The second-order valence-electron chi connectivity index (χ2n) is 7.49. The number of benzene rings is 2. The molecule has 0 atom stereocenters. The number of Topliss-reactive ketones (excluding diaryl/α,β-unsaturated/α-hetero) is 2. The number of para-hydroxylation sites is 1. The van der Waals surface area contributed by atoms with Crippen LogP contribution in [0.25, 0.3) is 10.9 Å². The summed E-state index contributed by atoms with van der Waals surface area (Å²) >= 11 is 1.31. The third kappa shape index (κ3) is 18.9. The third-order valence-electron chi connectivity index (χ3n) is 4.95. The fourth-order valence-electron chi connectivity index (χ4n) is 2.85. The number of H-pyrrole nitrogens is 1. The molecule has 0 saturated heterocycles. The van der Waals surface area contributed by atoms with Gasteiger partial charge >= 0.3 is 30.3 Å². The van der Waals surface area contributed by atoms with Crippen LogP contribution in [-0.4, -0.2) is 48.9 Å². The molecule has 1 aliphatic rings. The monoisotopic (exact) mass is 758 g/mol. The molecule has 41 heavy (non-hydrogen) atoms. The minimum absolute atomic E-state index is 0.0966. The van der Waals surface area contributed by atoms with Gasteiger partial charge in [0.05, 0.1) is 11.4 Å². The molecule has 225 valence electrons. The number of rotatable bonds is 6. The molecule has 0 bridgehead atoms. The molecular weight excluding hydrogens is 706 g/mol. The Balaban J connectivity index is -0.000000573. The SMILES string of the molecule is C/C=C(/NCC)C(C)=O.C1CCC1.CC.CC.CC.N#CC(=O)c1cc2cc(Oc3ccccc3)ccc2[nH]1.[CH3][Pb]. The molecule has 0 spiro atoms. The van der Waals surface area contributed by atoms with Gasteiger partial charge in [0.1, 0.15) is 17.6 Å². The van der Waals surface area contributed by atoms with Crippen LogP contribution >= 0.6 is 0 Å². The van der Waals surface area contributed by atoms with Gasteiger partial charge in [0.15, 0.2) is 5.78 Å². The predicted molar refractivity (Wildman–Crippen MR) is 177 cm³/mol. The van der Waals surface area contributed by atoms with Crippen molar-refractivity contribution < 1.29 is 14.3 Å². The Hall–Kier alpha value is -2.93. The predicted octanol–water partition coefficient (Wildman–Crippen LogP) is 9.60. The van der Waals surface area contributed by atoms with E-state index in [1.54, 1.807) is 25.1 Å². The van der Waals surface area contributed by atoms with Gasteiger partial charge in [0, 0.05) is 24.4 Å². The molecule has 6 nitrogen and oxygen atoms in total. The number of allylic oxidation sites excluding steroid dienone is 2. The van der Waals surface area contributed by atoms with E-state index < -0.39 is 5.78 Å². The van der Waals surface area contributed by atoms with E-state index in [0.717, 1.165) is 23.2 Å². The molecule has 1 aromatic heterocycles. The van der Waals surface area contributed by atoms with E-state index in [0.29, 0.717) is 17.1 Å². The summed E-state index contributed by atoms with van der Waals surface area (Å²) in [7, 11) is 0. The molecule has 0 unspecified atom stereocenters. The van der Waals surface area contributed by atoms with Gasteiger partial charge in [-0.2, -0.15) is 5.26 Å². The van der Waals surface area contributed by atoms with Crippen molar-refractivity contribution >= 4 is 48.2 Å². The number of fused-ring (bicyclic) bond motifs is 1. The van der Waals surface area contributed by atoms with Crippen LogP contribution in [0.2, 0.25) is 4.48 Å².